The molecule has 2 rings (SSSR count). The predicted octanol–water partition coefficient (Wildman–Crippen LogP) is 3.47. The summed E-state index contributed by atoms with van der Waals surface area (Å²) in [5.41, 5.74) is 5.97. The van der Waals surface area contributed by atoms with Crippen LogP contribution in [0.5, 0.6) is 11.5 Å². The Morgan fingerprint density at radius 2 is 1.96 bits per heavy atom. The number of rotatable bonds is 10. The van der Waals surface area contributed by atoms with Crippen molar-refractivity contribution in [3.63, 3.8) is 0 Å². The number of ether oxygens (including phenoxy) is 1. The Bertz CT molecular complexity index is 784. The molecule has 27 heavy (non-hydrogen) atoms. The largest absolute Gasteiger partial charge is 0.478 e. The molecule has 0 aliphatic heterocycles. The molecule has 2 aromatic carbocycles. The molecular weight excluding hydrogens is 366 g/mol. The van der Waals surface area contributed by atoms with E-state index in [2.05, 4.69) is 17.0 Å². The monoisotopic (exact) mass is 389 g/mol. The summed E-state index contributed by atoms with van der Waals surface area (Å²) in [4.78, 5) is 23.5. The van der Waals surface area contributed by atoms with Gasteiger partial charge in [0.25, 0.3) is 0 Å². The van der Waals surface area contributed by atoms with Crippen molar-refractivity contribution < 1.29 is 19.4 Å². The average molecular weight is 389 g/mol. The number of amides is 1. The van der Waals surface area contributed by atoms with Crippen LogP contribution in [-0.4, -0.2) is 30.1 Å². The number of nitrogens with one attached hydrogen (secondary N) is 2. The van der Waals surface area contributed by atoms with Gasteiger partial charge in [-0.15, -0.1) is 0 Å². The number of anilines is 1. The zero-order valence-electron chi connectivity index (χ0n) is 15.0. The summed E-state index contributed by atoms with van der Waals surface area (Å²) in [6.07, 6.45) is 1.92. The van der Waals surface area contributed by atoms with Gasteiger partial charge in [0, 0.05) is 6.54 Å². The van der Waals surface area contributed by atoms with Crippen molar-refractivity contribution in [2.24, 2.45) is 5.73 Å². The van der Waals surface area contributed by atoms with Gasteiger partial charge in [0.15, 0.2) is 5.75 Å². The Balaban J connectivity index is 2.43. The fourth-order valence-electron chi connectivity index (χ4n) is 2.20. The van der Waals surface area contributed by atoms with Crippen molar-refractivity contribution in [2.75, 3.05) is 18.4 Å². The van der Waals surface area contributed by atoms with Gasteiger partial charge in [0.05, 0.1) is 22.7 Å². The van der Waals surface area contributed by atoms with Crippen LogP contribution in [0.25, 0.3) is 0 Å². The Morgan fingerprint density at radius 3 is 2.59 bits per heavy atom. The minimum absolute atomic E-state index is 0.0962. The zero-order valence-corrected chi connectivity index (χ0v) is 15.8. The first-order valence-corrected chi connectivity index (χ1v) is 9.40. The van der Waals surface area contributed by atoms with Gasteiger partial charge in [-0.05, 0) is 42.6 Å². The molecule has 2 aromatic rings. The van der Waals surface area contributed by atoms with Crippen LogP contribution in [-0.2, 0) is 4.79 Å². The van der Waals surface area contributed by atoms with E-state index in [0.29, 0.717) is 28.6 Å². The summed E-state index contributed by atoms with van der Waals surface area (Å²) in [5.74, 6) is -0.380. The summed E-state index contributed by atoms with van der Waals surface area (Å²) in [7, 11) is 0. The predicted molar refractivity (Wildman–Crippen MR) is 106 cm³/mol. The lowest BCUT2D eigenvalue weighted by atomic mass is 10.1. The number of carboxylic acid groups (broad SMARTS) is 1. The van der Waals surface area contributed by atoms with Crippen molar-refractivity contribution in [1.82, 2.24) is 4.72 Å². The number of carbonyl (C=O) groups excluding carboxylic acids is 1. The van der Waals surface area contributed by atoms with Gasteiger partial charge in [0.1, 0.15) is 5.75 Å². The van der Waals surface area contributed by atoms with Crippen LogP contribution >= 0.6 is 11.9 Å². The Kier molecular flexibility index (Phi) is 7.97. The molecule has 0 heterocycles. The van der Waals surface area contributed by atoms with Crippen LogP contribution in [0.15, 0.2) is 47.4 Å². The van der Waals surface area contributed by atoms with Crippen LogP contribution in [0.4, 0.5) is 5.69 Å². The van der Waals surface area contributed by atoms with E-state index >= 15 is 0 Å². The molecule has 0 aliphatic rings. The Hall–Kier alpha value is -2.71. The van der Waals surface area contributed by atoms with Crippen LogP contribution in [0.1, 0.15) is 30.1 Å². The van der Waals surface area contributed by atoms with Crippen LogP contribution in [0.2, 0.25) is 0 Å². The number of nitrogens with two attached hydrogens (primary N) is 1. The molecule has 0 bridgehead atoms. The number of hydrogen-bond acceptors (Lipinski definition) is 6. The molecule has 0 unspecified atom stereocenters. The summed E-state index contributed by atoms with van der Waals surface area (Å²) in [5, 5.41) is 12.7. The van der Waals surface area contributed by atoms with Crippen molar-refractivity contribution >= 4 is 29.5 Å². The second-order valence-electron chi connectivity index (χ2n) is 5.68. The highest BCUT2D eigenvalue weighted by molar-refractivity contribution is 7.98. The van der Waals surface area contributed by atoms with E-state index in [4.69, 9.17) is 10.5 Å². The summed E-state index contributed by atoms with van der Waals surface area (Å²) < 4.78 is 8.60. The van der Waals surface area contributed by atoms with E-state index in [-0.39, 0.29) is 18.0 Å². The topological polar surface area (TPSA) is 114 Å². The average Bonchev–Trinajstić information content (AvgIpc) is 2.68. The fourth-order valence-corrected chi connectivity index (χ4v) is 2.94. The number of para-hydroxylation sites is 1. The van der Waals surface area contributed by atoms with Gasteiger partial charge >= 0.3 is 5.97 Å². The quantitative estimate of drug-likeness (QED) is 0.363. The minimum atomic E-state index is -1.06. The highest BCUT2D eigenvalue weighted by Gasteiger charge is 2.18. The van der Waals surface area contributed by atoms with E-state index < -0.39 is 5.97 Å². The molecular formula is C19H23N3O4S. The SMILES string of the molecule is CCCCNc1cc(C(=O)O)cc(SNC(=O)CN)c1Oc1ccccc1. The first-order valence-electron chi connectivity index (χ1n) is 8.59. The number of hydrogen-bond donors (Lipinski definition) is 4. The second-order valence-corrected chi connectivity index (χ2v) is 6.53. The maximum Gasteiger partial charge on any atom is 0.335 e. The van der Waals surface area contributed by atoms with Crippen molar-refractivity contribution in [3.8, 4) is 11.5 Å². The van der Waals surface area contributed by atoms with Gasteiger partial charge in [-0.1, -0.05) is 31.5 Å². The first kappa shape index (κ1) is 20.6. The van der Waals surface area contributed by atoms with Gasteiger partial charge in [-0.2, -0.15) is 0 Å². The molecule has 0 aromatic heterocycles. The highest BCUT2D eigenvalue weighted by Crippen LogP contribution is 2.39. The number of carbonyl (C=O) groups is 2. The van der Waals surface area contributed by atoms with E-state index in [1.54, 1.807) is 12.1 Å². The maximum absolute atomic E-state index is 11.5. The summed E-state index contributed by atoms with van der Waals surface area (Å²) in [6, 6.07) is 12.2. The summed E-state index contributed by atoms with van der Waals surface area (Å²) >= 11 is 0.976. The minimum Gasteiger partial charge on any atom is -0.478 e. The lowest BCUT2D eigenvalue weighted by molar-refractivity contribution is -0.117. The van der Waals surface area contributed by atoms with Gasteiger partial charge in [-0.25, -0.2) is 4.79 Å². The van der Waals surface area contributed by atoms with Crippen molar-refractivity contribution in [1.29, 1.82) is 0 Å². The Morgan fingerprint density at radius 1 is 1.22 bits per heavy atom. The van der Waals surface area contributed by atoms with Crippen molar-refractivity contribution in [3.05, 3.63) is 48.0 Å². The second kappa shape index (κ2) is 10.4. The smallest absolute Gasteiger partial charge is 0.335 e. The normalized spacial score (nSPS) is 10.3. The van der Waals surface area contributed by atoms with E-state index in [9.17, 15) is 14.7 Å². The fraction of sp³-hybridized carbons (Fsp3) is 0.263. The van der Waals surface area contributed by atoms with Gasteiger partial charge in [0.2, 0.25) is 5.91 Å². The standard InChI is InChI=1S/C19H23N3O4S/c1-2-3-9-21-15-10-13(19(24)25)11-16(27-22-17(23)12-20)18(15)26-14-7-5-4-6-8-14/h4-8,10-11,21H,2-3,9,12,20H2,1H3,(H,22,23)(H,24,25). The lowest BCUT2D eigenvalue weighted by Crippen LogP contribution is -2.24. The molecule has 0 saturated heterocycles. The van der Waals surface area contributed by atoms with Gasteiger partial charge in [-0.3, -0.25) is 9.52 Å². The molecule has 0 atom stereocenters. The first-order chi connectivity index (χ1) is 13.0. The molecule has 8 heteroatoms. The number of carboxylic acids is 1. The summed E-state index contributed by atoms with van der Waals surface area (Å²) in [6.45, 7) is 2.58. The van der Waals surface area contributed by atoms with E-state index in [0.717, 1.165) is 24.8 Å². The molecule has 5 N–H and O–H groups in total. The number of aromatic carboxylic acids is 1. The van der Waals surface area contributed by atoms with Crippen LogP contribution < -0.4 is 20.5 Å². The van der Waals surface area contributed by atoms with E-state index in [1.807, 2.05) is 18.2 Å². The molecule has 144 valence electrons. The molecule has 0 spiro atoms. The third kappa shape index (κ3) is 6.19. The zero-order chi connectivity index (χ0) is 19.6. The molecule has 0 radical (unpaired) electrons. The van der Waals surface area contributed by atoms with Crippen molar-refractivity contribution in [2.45, 2.75) is 24.7 Å². The molecule has 7 nitrogen and oxygen atoms in total. The third-order valence-corrected chi connectivity index (χ3v) is 4.42. The highest BCUT2D eigenvalue weighted by atomic mass is 32.2. The lowest BCUT2D eigenvalue weighted by Gasteiger charge is -2.18. The third-order valence-electron chi connectivity index (χ3n) is 3.57. The van der Waals surface area contributed by atoms with E-state index in [1.165, 1.54) is 12.1 Å². The molecule has 0 aliphatic carbocycles. The number of benzene rings is 2. The number of unbranched alkanes of at least 4 members (excludes halogenated alkanes) is 1. The van der Waals surface area contributed by atoms with Crippen LogP contribution in [0, 0.1) is 0 Å². The Labute approximate surface area is 162 Å². The molecule has 1 amide bonds. The van der Waals surface area contributed by atoms with Crippen LogP contribution in [0.3, 0.4) is 0 Å². The molecule has 0 fully saturated rings. The van der Waals surface area contributed by atoms with Gasteiger partial charge < -0.3 is 20.9 Å². The maximum atomic E-state index is 11.5. The molecule has 0 saturated carbocycles.